The molecule has 0 amide bonds. The van der Waals surface area contributed by atoms with Gasteiger partial charge in [0.25, 0.3) is 0 Å². The Morgan fingerprint density at radius 3 is 2.44 bits per heavy atom. The van der Waals surface area contributed by atoms with Gasteiger partial charge in [0.05, 0.1) is 6.54 Å². The monoisotopic (exact) mass is 462 g/mol. The first kappa shape index (κ1) is 24.0. The highest BCUT2D eigenvalue weighted by Gasteiger charge is 2.14. The molecule has 6 heteroatoms. The average Bonchev–Trinajstić information content (AvgIpc) is 2.48. The number of halogens is 1. The Morgan fingerprint density at radius 1 is 1.16 bits per heavy atom. The normalized spacial score (nSPS) is 11.9. The van der Waals surface area contributed by atoms with E-state index in [-0.39, 0.29) is 29.6 Å². The van der Waals surface area contributed by atoms with Crippen molar-refractivity contribution in [3.05, 3.63) is 29.8 Å². The molecule has 0 heterocycles. The first-order valence-corrected chi connectivity index (χ1v) is 8.75. The zero-order valence-electron chi connectivity index (χ0n) is 16.6. The summed E-state index contributed by atoms with van der Waals surface area (Å²) in [5.41, 5.74) is 0.882. The van der Waals surface area contributed by atoms with Gasteiger partial charge in [0.2, 0.25) is 0 Å². The van der Waals surface area contributed by atoms with Crippen LogP contribution in [0.4, 0.5) is 0 Å². The van der Waals surface area contributed by atoms with Crippen LogP contribution in [0.3, 0.4) is 0 Å². The Kier molecular flexibility index (Phi) is 11.8. The van der Waals surface area contributed by atoms with Gasteiger partial charge < -0.3 is 20.3 Å². The van der Waals surface area contributed by atoms with Crippen molar-refractivity contribution in [3.63, 3.8) is 0 Å². The molecule has 0 bridgehead atoms. The number of guanidine groups is 1. The summed E-state index contributed by atoms with van der Waals surface area (Å²) >= 11 is 0. The molecular formula is C19H35IN4O. The van der Waals surface area contributed by atoms with Crippen LogP contribution in [0.2, 0.25) is 0 Å². The van der Waals surface area contributed by atoms with Gasteiger partial charge in [-0.05, 0) is 60.8 Å². The second-order valence-corrected chi connectivity index (χ2v) is 7.10. The summed E-state index contributed by atoms with van der Waals surface area (Å²) in [4.78, 5) is 6.88. The van der Waals surface area contributed by atoms with Crippen molar-refractivity contribution in [3.8, 4) is 5.75 Å². The molecule has 0 spiro atoms. The van der Waals surface area contributed by atoms with Crippen molar-refractivity contribution in [1.29, 1.82) is 0 Å². The number of hydrogen-bond donors (Lipinski definition) is 2. The largest absolute Gasteiger partial charge is 0.488 e. The molecule has 0 unspecified atom stereocenters. The number of benzene rings is 1. The van der Waals surface area contributed by atoms with Crippen molar-refractivity contribution in [2.24, 2.45) is 4.99 Å². The lowest BCUT2D eigenvalue weighted by Crippen LogP contribution is -2.38. The molecule has 0 aliphatic heterocycles. The van der Waals surface area contributed by atoms with Crippen molar-refractivity contribution in [2.75, 3.05) is 33.7 Å². The average molecular weight is 462 g/mol. The SMILES string of the molecule is CCNC(=NCc1ccccc1OC(C)(C)C)NCCCN(C)C.I. The Bertz CT molecular complexity index is 512. The summed E-state index contributed by atoms with van der Waals surface area (Å²) in [7, 11) is 4.18. The van der Waals surface area contributed by atoms with Crippen molar-refractivity contribution in [1.82, 2.24) is 15.5 Å². The quantitative estimate of drug-likeness (QED) is 0.269. The summed E-state index contributed by atoms with van der Waals surface area (Å²) in [6, 6.07) is 8.10. The predicted octanol–water partition coefficient (Wildman–Crippen LogP) is 3.49. The maximum absolute atomic E-state index is 6.03. The number of para-hydroxylation sites is 1. The fraction of sp³-hybridized carbons (Fsp3) is 0.632. The second kappa shape index (κ2) is 12.4. The van der Waals surface area contributed by atoms with E-state index in [1.165, 1.54) is 0 Å². The number of hydrogen-bond acceptors (Lipinski definition) is 3. The van der Waals surface area contributed by atoms with Gasteiger partial charge in [-0.15, -0.1) is 24.0 Å². The Labute approximate surface area is 170 Å². The molecule has 144 valence electrons. The van der Waals surface area contributed by atoms with Gasteiger partial charge in [-0.2, -0.15) is 0 Å². The van der Waals surface area contributed by atoms with Crippen LogP contribution in [0, 0.1) is 0 Å². The van der Waals surface area contributed by atoms with Gasteiger partial charge in [0.15, 0.2) is 5.96 Å². The molecule has 1 rings (SSSR count). The number of aliphatic imine (C=N–C) groups is 1. The molecule has 0 aliphatic carbocycles. The van der Waals surface area contributed by atoms with Gasteiger partial charge in [-0.3, -0.25) is 0 Å². The van der Waals surface area contributed by atoms with E-state index in [0.29, 0.717) is 6.54 Å². The lowest BCUT2D eigenvalue weighted by molar-refractivity contribution is 0.129. The maximum atomic E-state index is 6.03. The minimum Gasteiger partial charge on any atom is -0.488 e. The highest BCUT2D eigenvalue weighted by atomic mass is 127. The number of ether oxygens (including phenoxy) is 1. The Morgan fingerprint density at radius 2 is 1.84 bits per heavy atom. The van der Waals surface area contributed by atoms with Crippen molar-refractivity contribution >= 4 is 29.9 Å². The van der Waals surface area contributed by atoms with Gasteiger partial charge >= 0.3 is 0 Å². The molecule has 0 aliphatic rings. The molecule has 25 heavy (non-hydrogen) atoms. The van der Waals surface area contributed by atoms with Crippen LogP contribution in [0.15, 0.2) is 29.3 Å². The van der Waals surface area contributed by atoms with Crippen LogP contribution in [0.5, 0.6) is 5.75 Å². The number of nitrogens with one attached hydrogen (secondary N) is 2. The topological polar surface area (TPSA) is 48.9 Å². The van der Waals surface area contributed by atoms with E-state index in [1.54, 1.807) is 0 Å². The summed E-state index contributed by atoms with van der Waals surface area (Å²) in [6.45, 7) is 11.7. The van der Waals surface area contributed by atoms with Crippen LogP contribution in [-0.4, -0.2) is 50.2 Å². The van der Waals surface area contributed by atoms with Crippen LogP contribution in [-0.2, 0) is 6.54 Å². The van der Waals surface area contributed by atoms with E-state index >= 15 is 0 Å². The molecule has 1 aromatic carbocycles. The number of rotatable bonds is 8. The first-order valence-electron chi connectivity index (χ1n) is 8.75. The minimum atomic E-state index is -0.214. The molecule has 2 N–H and O–H groups in total. The van der Waals surface area contributed by atoms with Crippen molar-refractivity contribution in [2.45, 2.75) is 46.3 Å². The standard InChI is InChI=1S/C19H34N4O.HI/c1-7-20-18(21-13-10-14-23(5)6)22-15-16-11-8-9-12-17(16)24-19(2,3)4;/h8-9,11-12H,7,10,13-15H2,1-6H3,(H2,20,21,22);1H. The van der Waals surface area contributed by atoms with E-state index in [4.69, 9.17) is 9.73 Å². The molecule has 5 nitrogen and oxygen atoms in total. The first-order chi connectivity index (χ1) is 11.3. The summed E-state index contributed by atoms with van der Waals surface area (Å²) in [5, 5.41) is 6.68. The summed E-state index contributed by atoms with van der Waals surface area (Å²) in [5.74, 6) is 1.75. The van der Waals surface area contributed by atoms with Gasteiger partial charge in [-0.25, -0.2) is 4.99 Å². The van der Waals surface area contributed by atoms with Crippen LogP contribution >= 0.6 is 24.0 Å². The fourth-order valence-electron chi connectivity index (χ4n) is 2.17. The van der Waals surface area contributed by atoms with E-state index in [2.05, 4.69) is 63.4 Å². The lowest BCUT2D eigenvalue weighted by Gasteiger charge is -2.23. The minimum absolute atomic E-state index is 0. The lowest BCUT2D eigenvalue weighted by atomic mass is 10.1. The molecule has 0 saturated carbocycles. The molecular weight excluding hydrogens is 427 g/mol. The third-order valence-corrected chi connectivity index (χ3v) is 3.22. The van der Waals surface area contributed by atoms with E-state index < -0.39 is 0 Å². The van der Waals surface area contributed by atoms with Crippen LogP contribution < -0.4 is 15.4 Å². The Hall–Kier alpha value is -1.02. The number of nitrogens with zero attached hydrogens (tertiary/aromatic N) is 2. The smallest absolute Gasteiger partial charge is 0.191 e. The summed E-state index contributed by atoms with van der Waals surface area (Å²) < 4.78 is 6.03. The van der Waals surface area contributed by atoms with E-state index in [9.17, 15) is 0 Å². The zero-order chi connectivity index (χ0) is 18.0. The molecule has 0 atom stereocenters. The third-order valence-electron chi connectivity index (χ3n) is 3.22. The molecule has 0 fully saturated rings. The third kappa shape index (κ3) is 11.3. The maximum Gasteiger partial charge on any atom is 0.191 e. The predicted molar refractivity (Wildman–Crippen MR) is 118 cm³/mol. The van der Waals surface area contributed by atoms with Gasteiger partial charge in [-0.1, -0.05) is 18.2 Å². The molecule has 0 saturated heterocycles. The van der Waals surface area contributed by atoms with Crippen molar-refractivity contribution < 1.29 is 4.74 Å². The van der Waals surface area contributed by atoms with Gasteiger partial charge in [0, 0.05) is 18.7 Å². The second-order valence-electron chi connectivity index (χ2n) is 7.10. The highest BCUT2D eigenvalue weighted by Crippen LogP contribution is 2.23. The molecule has 0 aromatic heterocycles. The molecule has 0 radical (unpaired) electrons. The highest BCUT2D eigenvalue weighted by molar-refractivity contribution is 14.0. The summed E-state index contributed by atoms with van der Waals surface area (Å²) in [6.07, 6.45) is 1.08. The van der Waals surface area contributed by atoms with Crippen LogP contribution in [0.25, 0.3) is 0 Å². The van der Waals surface area contributed by atoms with Gasteiger partial charge in [0.1, 0.15) is 11.4 Å². The Balaban J connectivity index is 0.00000576. The van der Waals surface area contributed by atoms with Crippen LogP contribution in [0.1, 0.15) is 39.7 Å². The molecule has 1 aromatic rings. The van der Waals surface area contributed by atoms with E-state index in [1.807, 2.05) is 18.2 Å². The fourth-order valence-corrected chi connectivity index (χ4v) is 2.17. The van der Waals surface area contributed by atoms with E-state index in [0.717, 1.165) is 43.3 Å². The zero-order valence-corrected chi connectivity index (χ0v) is 18.9.